The van der Waals surface area contributed by atoms with Crippen LogP contribution in [-0.2, 0) is 10.2 Å². The molecule has 1 heterocycles. The molecular weight excluding hydrogens is 535 g/mol. The van der Waals surface area contributed by atoms with E-state index in [1.54, 1.807) is 56.3 Å². The van der Waals surface area contributed by atoms with Crippen molar-refractivity contribution in [1.82, 2.24) is 10.3 Å². The first kappa shape index (κ1) is 26.7. The highest BCUT2D eigenvalue weighted by molar-refractivity contribution is 6.36. The van der Waals surface area contributed by atoms with Crippen molar-refractivity contribution in [2.75, 3.05) is 5.32 Å². The van der Waals surface area contributed by atoms with Crippen LogP contribution >= 0.6 is 23.2 Å². The minimum atomic E-state index is -0.408. The third kappa shape index (κ3) is 5.93. The van der Waals surface area contributed by atoms with Crippen molar-refractivity contribution in [1.29, 1.82) is 0 Å². The van der Waals surface area contributed by atoms with Crippen molar-refractivity contribution < 1.29 is 14.3 Å². The predicted molar refractivity (Wildman–Crippen MR) is 153 cm³/mol. The van der Waals surface area contributed by atoms with E-state index in [2.05, 4.69) is 26.5 Å². The molecule has 0 radical (unpaired) electrons. The summed E-state index contributed by atoms with van der Waals surface area (Å²) in [5.74, 6) is 3.79. The number of hydrogen-bond donors (Lipinski definition) is 2. The van der Waals surface area contributed by atoms with Crippen LogP contribution in [0.2, 0.25) is 10.0 Å². The molecule has 0 bridgehead atoms. The zero-order chi connectivity index (χ0) is 27.7. The molecule has 39 heavy (non-hydrogen) atoms. The van der Waals surface area contributed by atoms with E-state index in [0.29, 0.717) is 50.1 Å². The van der Waals surface area contributed by atoms with Gasteiger partial charge in [-0.2, -0.15) is 0 Å². The molecule has 3 aromatic rings. The van der Waals surface area contributed by atoms with Crippen LogP contribution in [0, 0.1) is 25.2 Å². The highest BCUT2D eigenvalue weighted by Gasteiger charge is 2.44. The Bertz CT molecular complexity index is 1550. The second-order valence-electron chi connectivity index (χ2n) is 9.81. The van der Waals surface area contributed by atoms with Crippen LogP contribution in [-0.4, -0.2) is 22.6 Å². The highest BCUT2D eigenvalue weighted by atomic mass is 35.5. The average Bonchev–Trinajstić information content (AvgIpc) is 3.82. The highest BCUT2D eigenvalue weighted by Crippen LogP contribution is 2.50. The standard InChI is InChI=1S/C30H26Cl2N4O3/c1-4-30(14-15-30)22-7-5-6-21(27(22)32)29(38)36-25-16-20(10-11-23(25)31)39-26-13-12-24(17(2)33-26)34-18(3)35-28(37)19-8-9-19/h1,5-7,10-13,16,19H,8-9,14-15H2,2-3H3,(H,36,38)(H,34,35,37). The number of amidine groups is 1. The monoisotopic (exact) mass is 560 g/mol. The lowest BCUT2D eigenvalue weighted by atomic mass is 9.95. The molecule has 2 saturated carbocycles. The van der Waals surface area contributed by atoms with E-state index >= 15 is 0 Å². The number of aromatic nitrogens is 1. The first-order chi connectivity index (χ1) is 18.7. The van der Waals surface area contributed by atoms with Crippen LogP contribution in [0.15, 0.2) is 53.5 Å². The van der Waals surface area contributed by atoms with Gasteiger partial charge in [0, 0.05) is 18.1 Å². The Morgan fingerprint density at radius 2 is 1.92 bits per heavy atom. The number of pyridine rings is 1. The summed E-state index contributed by atoms with van der Waals surface area (Å²) in [5.41, 5.74) is 2.32. The van der Waals surface area contributed by atoms with Gasteiger partial charge in [-0.3, -0.25) is 9.59 Å². The maximum atomic E-state index is 13.1. The molecule has 2 aromatic carbocycles. The molecule has 2 N–H and O–H groups in total. The van der Waals surface area contributed by atoms with Crippen molar-refractivity contribution in [3.63, 3.8) is 0 Å². The summed E-state index contributed by atoms with van der Waals surface area (Å²) in [7, 11) is 0. The number of carbonyl (C=O) groups is 2. The zero-order valence-electron chi connectivity index (χ0n) is 21.5. The first-order valence-electron chi connectivity index (χ1n) is 12.6. The molecule has 9 heteroatoms. The van der Waals surface area contributed by atoms with E-state index in [9.17, 15) is 9.59 Å². The minimum Gasteiger partial charge on any atom is -0.439 e. The number of nitrogens with zero attached hydrogens (tertiary/aromatic N) is 2. The number of amides is 2. The van der Waals surface area contributed by atoms with Gasteiger partial charge in [0.15, 0.2) is 0 Å². The van der Waals surface area contributed by atoms with Crippen LogP contribution in [0.5, 0.6) is 11.6 Å². The summed E-state index contributed by atoms with van der Waals surface area (Å²) >= 11 is 13.0. The molecule has 2 amide bonds. The number of anilines is 1. The number of aryl methyl sites for hydroxylation is 1. The molecule has 0 atom stereocenters. The average molecular weight is 561 g/mol. The normalized spacial score (nSPS) is 15.7. The molecule has 2 fully saturated rings. The zero-order valence-corrected chi connectivity index (χ0v) is 23.0. The molecule has 7 nitrogen and oxygen atoms in total. The largest absolute Gasteiger partial charge is 0.439 e. The summed E-state index contributed by atoms with van der Waals surface area (Å²) < 4.78 is 5.93. The Morgan fingerprint density at radius 3 is 2.59 bits per heavy atom. The fraction of sp³-hybridized carbons (Fsp3) is 0.267. The lowest BCUT2D eigenvalue weighted by molar-refractivity contribution is -0.120. The number of halogens is 2. The van der Waals surface area contributed by atoms with E-state index < -0.39 is 11.3 Å². The van der Waals surface area contributed by atoms with Crippen LogP contribution in [0.3, 0.4) is 0 Å². The summed E-state index contributed by atoms with van der Waals surface area (Å²) in [6, 6.07) is 13.7. The Labute approximate surface area is 237 Å². The van der Waals surface area contributed by atoms with Crippen molar-refractivity contribution in [2.24, 2.45) is 10.9 Å². The number of hydrogen-bond acceptors (Lipinski definition) is 5. The van der Waals surface area contributed by atoms with Crippen molar-refractivity contribution in [3.05, 3.63) is 75.4 Å². The van der Waals surface area contributed by atoms with E-state index in [1.807, 2.05) is 6.07 Å². The van der Waals surface area contributed by atoms with E-state index in [1.165, 1.54) is 0 Å². The Balaban J connectivity index is 1.29. The Morgan fingerprint density at radius 1 is 1.15 bits per heavy atom. The number of carbonyl (C=O) groups excluding carboxylic acids is 2. The Hall–Kier alpha value is -3.86. The molecular formula is C30H26Cl2N4O3. The van der Waals surface area contributed by atoms with Gasteiger partial charge in [0.25, 0.3) is 5.91 Å². The lowest BCUT2D eigenvalue weighted by Crippen LogP contribution is -2.29. The number of ether oxygens (including phenoxy) is 1. The first-order valence-corrected chi connectivity index (χ1v) is 13.3. The molecule has 2 aliphatic carbocycles. The van der Waals surface area contributed by atoms with Gasteiger partial charge in [-0.25, -0.2) is 9.98 Å². The topological polar surface area (TPSA) is 92.7 Å². The summed E-state index contributed by atoms with van der Waals surface area (Å²) in [6.45, 7) is 3.55. The second kappa shape index (κ2) is 10.7. The quantitative estimate of drug-likeness (QED) is 0.185. The summed E-state index contributed by atoms with van der Waals surface area (Å²) in [5, 5.41) is 6.32. The summed E-state index contributed by atoms with van der Waals surface area (Å²) in [4.78, 5) is 34.0. The fourth-order valence-corrected chi connectivity index (χ4v) is 4.77. The van der Waals surface area contributed by atoms with Crippen LogP contribution in [0.4, 0.5) is 11.4 Å². The molecule has 0 aliphatic heterocycles. The molecule has 0 saturated heterocycles. The van der Waals surface area contributed by atoms with Gasteiger partial charge in [-0.05, 0) is 69.4 Å². The number of rotatable bonds is 7. The number of terminal acetylenes is 1. The van der Waals surface area contributed by atoms with E-state index in [0.717, 1.165) is 31.2 Å². The van der Waals surface area contributed by atoms with Gasteiger partial charge in [0.1, 0.15) is 11.6 Å². The molecule has 5 rings (SSSR count). The minimum absolute atomic E-state index is 0.00169. The lowest BCUT2D eigenvalue weighted by Gasteiger charge is -2.15. The van der Waals surface area contributed by atoms with Crippen molar-refractivity contribution in [2.45, 2.75) is 44.9 Å². The van der Waals surface area contributed by atoms with Gasteiger partial charge in [0.05, 0.1) is 38.1 Å². The van der Waals surface area contributed by atoms with Gasteiger partial charge in [0.2, 0.25) is 11.8 Å². The number of aliphatic imine (C=N–C) groups is 1. The fourth-order valence-electron chi connectivity index (χ4n) is 4.21. The second-order valence-corrected chi connectivity index (χ2v) is 10.6. The van der Waals surface area contributed by atoms with Crippen LogP contribution in [0.25, 0.3) is 0 Å². The molecule has 198 valence electrons. The summed E-state index contributed by atoms with van der Waals surface area (Å²) in [6.07, 6.45) is 9.26. The predicted octanol–water partition coefficient (Wildman–Crippen LogP) is 6.98. The van der Waals surface area contributed by atoms with E-state index in [-0.39, 0.29) is 11.8 Å². The van der Waals surface area contributed by atoms with Crippen LogP contribution < -0.4 is 15.4 Å². The maximum Gasteiger partial charge on any atom is 0.257 e. The van der Waals surface area contributed by atoms with Gasteiger partial charge >= 0.3 is 0 Å². The third-order valence-electron chi connectivity index (χ3n) is 6.77. The molecule has 0 unspecified atom stereocenters. The van der Waals surface area contributed by atoms with Gasteiger partial charge in [-0.1, -0.05) is 41.3 Å². The number of nitrogens with one attached hydrogen (secondary N) is 2. The molecule has 0 spiro atoms. The SMILES string of the molecule is C#CC1(c2cccc(C(=O)Nc3cc(Oc4ccc(N=C(C)NC(=O)C5CC5)c(C)n4)ccc3Cl)c2Cl)CC1. The van der Waals surface area contributed by atoms with Crippen molar-refractivity contribution in [3.8, 4) is 24.0 Å². The van der Waals surface area contributed by atoms with Gasteiger partial charge < -0.3 is 15.4 Å². The number of benzene rings is 2. The van der Waals surface area contributed by atoms with Crippen molar-refractivity contribution >= 4 is 52.2 Å². The van der Waals surface area contributed by atoms with E-state index in [4.69, 9.17) is 34.4 Å². The molecule has 1 aromatic heterocycles. The maximum absolute atomic E-state index is 13.1. The third-order valence-corrected chi connectivity index (χ3v) is 7.50. The smallest absolute Gasteiger partial charge is 0.257 e. The van der Waals surface area contributed by atoms with Gasteiger partial charge in [-0.15, -0.1) is 6.42 Å². The molecule has 2 aliphatic rings. The Kier molecular flexibility index (Phi) is 7.35. The van der Waals surface area contributed by atoms with Crippen LogP contribution in [0.1, 0.15) is 54.2 Å².